The summed E-state index contributed by atoms with van der Waals surface area (Å²) in [7, 11) is 1.63. The van der Waals surface area contributed by atoms with E-state index in [2.05, 4.69) is 32.3 Å². The van der Waals surface area contributed by atoms with E-state index < -0.39 is 0 Å². The highest BCUT2D eigenvalue weighted by atomic mass is 16.5. The molecule has 0 radical (unpaired) electrons. The second-order valence-electron chi connectivity index (χ2n) is 7.77. The maximum absolute atomic E-state index is 12.0. The molecule has 3 N–H and O–H groups in total. The third-order valence-corrected chi connectivity index (χ3v) is 5.45. The van der Waals surface area contributed by atoms with Gasteiger partial charge in [-0.3, -0.25) is 14.7 Å². The van der Waals surface area contributed by atoms with Crippen molar-refractivity contribution in [3.05, 3.63) is 0 Å². The Morgan fingerprint density at radius 1 is 1.10 bits per heavy atom. The van der Waals surface area contributed by atoms with Crippen molar-refractivity contribution in [1.29, 1.82) is 0 Å². The summed E-state index contributed by atoms with van der Waals surface area (Å²) in [4.78, 5) is 23.7. The Morgan fingerprint density at radius 2 is 1.83 bits per heavy atom. The molecule has 0 saturated carbocycles. The Hall–Kier alpha value is -1.42. The van der Waals surface area contributed by atoms with Gasteiger partial charge in [0.1, 0.15) is 0 Å². The largest absolute Gasteiger partial charge is 0.393 e. The van der Waals surface area contributed by atoms with Crippen LogP contribution in [-0.2, 0) is 9.53 Å². The molecule has 2 rings (SSSR count). The van der Waals surface area contributed by atoms with E-state index in [0.717, 1.165) is 84.1 Å². The summed E-state index contributed by atoms with van der Waals surface area (Å²) in [5.41, 5.74) is 0. The van der Waals surface area contributed by atoms with Crippen LogP contribution in [0, 0.1) is 0 Å². The van der Waals surface area contributed by atoms with E-state index in [9.17, 15) is 9.90 Å². The van der Waals surface area contributed by atoms with Gasteiger partial charge in [-0.25, -0.2) is 0 Å². The molecule has 168 valence electrons. The first-order chi connectivity index (χ1) is 14.1. The molecule has 2 saturated heterocycles. The van der Waals surface area contributed by atoms with Crippen molar-refractivity contribution in [2.75, 3.05) is 85.7 Å². The number of piperazine rings is 1. The molecule has 0 aromatic carbocycles. The Kier molecular flexibility index (Phi) is 11.3. The fourth-order valence-corrected chi connectivity index (χ4v) is 3.72. The Bertz CT molecular complexity index is 489. The van der Waals surface area contributed by atoms with Crippen LogP contribution >= 0.6 is 0 Å². The van der Waals surface area contributed by atoms with E-state index in [1.165, 1.54) is 0 Å². The first kappa shape index (κ1) is 23.9. The number of carbonyl (C=O) groups excluding carboxylic acids is 1. The minimum Gasteiger partial charge on any atom is -0.393 e. The first-order valence-corrected chi connectivity index (χ1v) is 11.0. The monoisotopic (exact) mass is 412 g/mol. The van der Waals surface area contributed by atoms with Gasteiger partial charge in [-0.2, -0.15) is 0 Å². The number of aliphatic imine (C=N–C) groups is 1. The number of rotatable bonds is 10. The first-order valence-electron chi connectivity index (χ1n) is 11.0. The van der Waals surface area contributed by atoms with Gasteiger partial charge in [-0.15, -0.1) is 0 Å². The van der Waals surface area contributed by atoms with Crippen molar-refractivity contribution in [3.8, 4) is 0 Å². The molecule has 2 aliphatic rings. The Labute approximate surface area is 175 Å². The van der Waals surface area contributed by atoms with E-state index >= 15 is 0 Å². The Balaban J connectivity index is 1.68. The molecule has 0 aromatic heterocycles. The van der Waals surface area contributed by atoms with Crippen LogP contribution < -0.4 is 10.6 Å². The van der Waals surface area contributed by atoms with Crippen LogP contribution in [0.5, 0.6) is 0 Å². The van der Waals surface area contributed by atoms with Crippen molar-refractivity contribution >= 4 is 11.9 Å². The topological polar surface area (TPSA) is 92.7 Å². The molecule has 1 amide bonds. The van der Waals surface area contributed by atoms with Gasteiger partial charge in [0.05, 0.1) is 19.3 Å². The van der Waals surface area contributed by atoms with Gasteiger partial charge in [0, 0.05) is 66.0 Å². The molecule has 2 fully saturated rings. The zero-order valence-corrected chi connectivity index (χ0v) is 18.2. The van der Waals surface area contributed by atoms with Crippen LogP contribution in [0.15, 0.2) is 4.99 Å². The second-order valence-corrected chi connectivity index (χ2v) is 7.77. The average molecular weight is 413 g/mol. The number of piperidine rings is 1. The summed E-state index contributed by atoms with van der Waals surface area (Å²) in [6.07, 6.45) is 2.70. The van der Waals surface area contributed by atoms with E-state index in [1.807, 2.05) is 0 Å². The highest BCUT2D eigenvalue weighted by Crippen LogP contribution is 2.10. The van der Waals surface area contributed by atoms with E-state index in [0.29, 0.717) is 19.7 Å². The zero-order chi connectivity index (χ0) is 20.9. The number of hydrogen-bond acceptors (Lipinski definition) is 6. The minimum absolute atomic E-state index is 0.0568. The summed E-state index contributed by atoms with van der Waals surface area (Å²) < 4.78 is 4.96. The number of methoxy groups -OCH3 is 1. The van der Waals surface area contributed by atoms with Gasteiger partial charge >= 0.3 is 0 Å². The number of ether oxygens (including phenoxy) is 1. The fourth-order valence-electron chi connectivity index (χ4n) is 3.72. The van der Waals surface area contributed by atoms with Crippen molar-refractivity contribution < 1.29 is 14.6 Å². The van der Waals surface area contributed by atoms with Crippen molar-refractivity contribution in [1.82, 2.24) is 25.3 Å². The molecular formula is C20H40N6O3. The quantitative estimate of drug-likeness (QED) is 0.245. The summed E-state index contributed by atoms with van der Waals surface area (Å²) >= 11 is 0. The molecule has 0 spiro atoms. The summed E-state index contributed by atoms with van der Waals surface area (Å²) in [6.45, 7) is 11.8. The van der Waals surface area contributed by atoms with Crippen molar-refractivity contribution in [3.63, 3.8) is 0 Å². The molecule has 2 heterocycles. The lowest BCUT2D eigenvalue weighted by Crippen LogP contribution is -2.54. The molecular weight excluding hydrogens is 372 g/mol. The summed E-state index contributed by atoms with van der Waals surface area (Å²) in [5.74, 6) is 1.03. The summed E-state index contributed by atoms with van der Waals surface area (Å²) in [5, 5.41) is 15.9. The zero-order valence-electron chi connectivity index (χ0n) is 18.2. The second kappa shape index (κ2) is 13.7. The number of aliphatic hydroxyl groups excluding tert-OH is 1. The number of guanidine groups is 1. The lowest BCUT2D eigenvalue weighted by molar-refractivity contribution is -0.122. The third-order valence-electron chi connectivity index (χ3n) is 5.45. The minimum atomic E-state index is -0.111. The summed E-state index contributed by atoms with van der Waals surface area (Å²) in [6, 6.07) is 0. The average Bonchev–Trinajstić information content (AvgIpc) is 2.72. The third kappa shape index (κ3) is 9.29. The predicted molar refractivity (Wildman–Crippen MR) is 115 cm³/mol. The normalized spacial score (nSPS) is 20.1. The number of nitrogens with one attached hydrogen (secondary N) is 2. The highest BCUT2D eigenvalue weighted by molar-refractivity contribution is 5.80. The number of likely N-dealkylation sites (tertiary alicyclic amines) is 1. The van der Waals surface area contributed by atoms with E-state index in [4.69, 9.17) is 9.73 Å². The predicted octanol–water partition coefficient (Wildman–Crippen LogP) is -0.821. The van der Waals surface area contributed by atoms with Gasteiger partial charge in [-0.05, 0) is 32.7 Å². The lowest BCUT2D eigenvalue weighted by atomic mass is 10.1. The standard InChI is InChI=1S/C20H40N6O3/c1-3-21-20(23-7-4-9-24-10-5-18(27)6-11-24)26-14-12-25(13-15-26)17-19(28)22-8-16-29-2/h18,27H,3-17H2,1-2H3,(H,21,23)(H,22,28). The van der Waals surface area contributed by atoms with Crippen molar-refractivity contribution in [2.45, 2.75) is 32.3 Å². The van der Waals surface area contributed by atoms with Crippen LogP contribution in [0.3, 0.4) is 0 Å². The molecule has 9 heteroatoms. The molecule has 0 aromatic rings. The van der Waals surface area contributed by atoms with Gasteiger partial charge in [0.25, 0.3) is 0 Å². The van der Waals surface area contributed by atoms with Gasteiger partial charge in [0.2, 0.25) is 5.91 Å². The fraction of sp³-hybridized carbons (Fsp3) is 0.900. The van der Waals surface area contributed by atoms with Crippen LogP contribution in [0.2, 0.25) is 0 Å². The van der Waals surface area contributed by atoms with Crippen LogP contribution in [0.25, 0.3) is 0 Å². The number of carbonyl (C=O) groups is 1. The maximum Gasteiger partial charge on any atom is 0.234 e. The number of amides is 1. The maximum atomic E-state index is 12.0. The molecule has 0 unspecified atom stereocenters. The van der Waals surface area contributed by atoms with Crippen LogP contribution in [0.1, 0.15) is 26.2 Å². The molecule has 2 aliphatic heterocycles. The lowest BCUT2D eigenvalue weighted by Gasteiger charge is -2.36. The molecule has 9 nitrogen and oxygen atoms in total. The van der Waals surface area contributed by atoms with Crippen LogP contribution in [0.4, 0.5) is 0 Å². The number of nitrogens with zero attached hydrogens (tertiary/aromatic N) is 4. The molecule has 0 bridgehead atoms. The van der Waals surface area contributed by atoms with Gasteiger partial charge < -0.3 is 30.3 Å². The highest BCUT2D eigenvalue weighted by Gasteiger charge is 2.21. The van der Waals surface area contributed by atoms with Gasteiger partial charge in [0.15, 0.2) is 5.96 Å². The van der Waals surface area contributed by atoms with Gasteiger partial charge in [-0.1, -0.05) is 0 Å². The van der Waals surface area contributed by atoms with Crippen molar-refractivity contribution in [2.24, 2.45) is 4.99 Å². The van der Waals surface area contributed by atoms with E-state index in [-0.39, 0.29) is 12.0 Å². The van der Waals surface area contributed by atoms with E-state index in [1.54, 1.807) is 7.11 Å². The molecule has 0 atom stereocenters. The SMILES string of the molecule is CCNC(=NCCCN1CCC(O)CC1)N1CCN(CC(=O)NCCOC)CC1. The molecule has 29 heavy (non-hydrogen) atoms. The molecule has 0 aliphatic carbocycles. The smallest absolute Gasteiger partial charge is 0.234 e. The number of aliphatic hydroxyl groups is 1. The number of hydrogen-bond donors (Lipinski definition) is 3. The van der Waals surface area contributed by atoms with Crippen LogP contribution in [-0.4, -0.2) is 123 Å². The Morgan fingerprint density at radius 3 is 2.48 bits per heavy atom.